The molecule has 0 spiro atoms. The number of carbonyl (C=O) groups excluding carboxylic acids is 3. The summed E-state index contributed by atoms with van der Waals surface area (Å²) in [6.07, 6.45) is 0.491. The third kappa shape index (κ3) is 5.38. The lowest BCUT2D eigenvalue weighted by atomic mass is 10.1. The predicted molar refractivity (Wildman–Crippen MR) is 115 cm³/mol. The van der Waals surface area contributed by atoms with Crippen LogP contribution >= 0.6 is 11.8 Å². The standard InChI is InChI=1S/C22H24FN3O3S/c1-24-20(27)16-7-3-15(4-8-16)12-26(2)22(29)18-13-30-19(21(28)25-18)11-14-5-9-17(23)10-6-14/h3-10,18-19H,11-13H2,1-2H3,(H,24,27)(H,25,28). The van der Waals surface area contributed by atoms with Gasteiger partial charge in [-0.3, -0.25) is 14.4 Å². The maximum atomic E-state index is 13.0. The van der Waals surface area contributed by atoms with Crippen LogP contribution in [0, 0.1) is 5.82 Å². The minimum absolute atomic E-state index is 0.161. The summed E-state index contributed by atoms with van der Waals surface area (Å²) in [5.74, 6) is -0.334. The smallest absolute Gasteiger partial charge is 0.251 e. The highest BCUT2D eigenvalue weighted by atomic mass is 32.2. The first-order chi connectivity index (χ1) is 14.4. The van der Waals surface area contributed by atoms with Gasteiger partial charge in [0.1, 0.15) is 11.9 Å². The van der Waals surface area contributed by atoms with E-state index in [-0.39, 0.29) is 28.8 Å². The minimum atomic E-state index is -0.581. The van der Waals surface area contributed by atoms with Crippen LogP contribution in [0.1, 0.15) is 21.5 Å². The fourth-order valence-electron chi connectivity index (χ4n) is 3.24. The molecule has 3 rings (SSSR count). The number of halogens is 1. The average molecular weight is 430 g/mol. The maximum absolute atomic E-state index is 13.0. The summed E-state index contributed by atoms with van der Waals surface area (Å²) < 4.78 is 13.0. The minimum Gasteiger partial charge on any atom is -0.355 e. The van der Waals surface area contributed by atoms with Gasteiger partial charge in [0.15, 0.2) is 0 Å². The summed E-state index contributed by atoms with van der Waals surface area (Å²) in [7, 11) is 3.26. The molecule has 2 atom stereocenters. The van der Waals surface area contributed by atoms with Crippen LogP contribution in [0.15, 0.2) is 48.5 Å². The summed E-state index contributed by atoms with van der Waals surface area (Å²) >= 11 is 1.44. The van der Waals surface area contributed by atoms with E-state index in [0.717, 1.165) is 11.1 Å². The Morgan fingerprint density at radius 3 is 2.37 bits per heavy atom. The fraction of sp³-hybridized carbons (Fsp3) is 0.318. The molecule has 2 aromatic rings. The Morgan fingerprint density at radius 2 is 1.77 bits per heavy atom. The van der Waals surface area contributed by atoms with E-state index in [0.29, 0.717) is 24.3 Å². The molecule has 8 heteroatoms. The van der Waals surface area contributed by atoms with Crippen LogP contribution in [0.25, 0.3) is 0 Å². The lowest BCUT2D eigenvalue weighted by Gasteiger charge is -2.31. The van der Waals surface area contributed by atoms with E-state index in [9.17, 15) is 18.8 Å². The Bertz CT molecular complexity index is 918. The van der Waals surface area contributed by atoms with E-state index < -0.39 is 6.04 Å². The molecule has 0 aliphatic carbocycles. The zero-order valence-corrected chi connectivity index (χ0v) is 17.7. The highest BCUT2D eigenvalue weighted by Gasteiger charge is 2.33. The Balaban J connectivity index is 1.53. The molecule has 2 N–H and O–H groups in total. The topological polar surface area (TPSA) is 78.5 Å². The molecule has 0 saturated carbocycles. The van der Waals surface area contributed by atoms with Crippen LogP contribution in [0.4, 0.5) is 4.39 Å². The van der Waals surface area contributed by atoms with Gasteiger partial charge >= 0.3 is 0 Å². The van der Waals surface area contributed by atoms with Crippen LogP contribution < -0.4 is 10.6 Å². The first kappa shape index (κ1) is 21.8. The van der Waals surface area contributed by atoms with Gasteiger partial charge < -0.3 is 15.5 Å². The Morgan fingerprint density at radius 1 is 1.13 bits per heavy atom. The molecular weight excluding hydrogens is 405 g/mol. The second-order valence-corrected chi connectivity index (χ2v) is 8.42. The molecule has 0 radical (unpaired) electrons. The summed E-state index contributed by atoms with van der Waals surface area (Å²) in [4.78, 5) is 38.4. The Kier molecular flexibility index (Phi) is 7.10. The van der Waals surface area contributed by atoms with Crippen molar-refractivity contribution in [1.29, 1.82) is 0 Å². The van der Waals surface area contributed by atoms with Crippen LogP contribution in [0.5, 0.6) is 0 Å². The van der Waals surface area contributed by atoms with Crippen molar-refractivity contribution in [2.45, 2.75) is 24.3 Å². The molecule has 2 aromatic carbocycles. The number of nitrogens with zero attached hydrogens (tertiary/aromatic N) is 1. The van der Waals surface area contributed by atoms with Gasteiger partial charge in [0.25, 0.3) is 5.91 Å². The first-order valence-corrected chi connectivity index (χ1v) is 10.6. The molecule has 1 aliphatic rings. The lowest BCUT2D eigenvalue weighted by Crippen LogP contribution is -2.54. The fourth-order valence-corrected chi connectivity index (χ4v) is 4.42. The zero-order valence-electron chi connectivity index (χ0n) is 16.9. The number of rotatable bonds is 6. The monoisotopic (exact) mass is 429 g/mol. The van der Waals surface area contributed by atoms with Gasteiger partial charge in [-0.1, -0.05) is 24.3 Å². The van der Waals surface area contributed by atoms with E-state index in [1.54, 1.807) is 55.4 Å². The zero-order chi connectivity index (χ0) is 21.7. The van der Waals surface area contributed by atoms with Crippen molar-refractivity contribution in [2.24, 2.45) is 0 Å². The van der Waals surface area contributed by atoms with E-state index in [2.05, 4.69) is 10.6 Å². The molecule has 0 bridgehead atoms. The van der Waals surface area contributed by atoms with Crippen LogP contribution in [0.3, 0.4) is 0 Å². The van der Waals surface area contributed by atoms with Gasteiger partial charge in [-0.2, -0.15) is 0 Å². The van der Waals surface area contributed by atoms with Gasteiger partial charge in [0.05, 0.1) is 5.25 Å². The molecule has 6 nitrogen and oxygen atoms in total. The molecule has 1 saturated heterocycles. The van der Waals surface area contributed by atoms with Crippen molar-refractivity contribution in [3.05, 3.63) is 71.0 Å². The number of carbonyl (C=O) groups is 3. The van der Waals surface area contributed by atoms with Crippen molar-refractivity contribution in [3.8, 4) is 0 Å². The molecule has 1 fully saturated rings. The second kappa shape index (κ2) is 9.75. The molecular formula is C22H24FN3O3S. The number of benzene rings is 2. The molecule has 0 aromatic heterocycles. The molecule has 2 unspecified atom stereocenters. The molecule has 1 heterocycles. The molecule has 1 aliphatic heterocycles. The summed E-state index contributed by atoms with van der Waals surface area (Å²) in [5, 5.41) is 5.08. The SMILES string of the molecule is CNC(=O)c1ccc(CN(C)C(=O)C2CSC(Cc3ccc(F)cc3)C(=O)N2)cc1. The predicted octanol–water partition coefficient (Wildman–Crippen LogP) is 1.99. The van der Waals surface area contributed by atoms with Gasteiger partial charge in [-0.05, 0) is 41.8 Å². The van der Waals surface area contributed by atoms with Gasteiger partial charge in [0, 0.05) is 32.0 Å². The second-order valence-electron chi connectivity index (χ2n) is 7.18. The quantitative estimate of drug-likeness (QED) is 0.736. The third-order valence-electron chi connectivity index (χ3n) is 4.94. The highest BCUT2D eigenvalue weighted by molar-refractivity contribution is 8.00. The van der Waals surface area contributed by atoms with E-state index in [1.165, 1.54) is 23.9 Å². The van der Waals surface area contributed by atoms with E-state index in [4.69, 9.17) is 0 Å². The van der Waals surface area contributed by atoms with Crippen molar-refractivity contribution < 1.29 is 18.8 Å². The van der Waals surface area contributed by atoms with E-state index >= 15 is 0 Å². The Labute approximate surface area is 179 Å². The van der Waals surface area contributed by atoms with Gasteiger partial charge in [0.2, 0.25) is 11.8 Å². The van der Waals surface area contributed by atoms with Gasteiger partial charge in [-0.25, -0.2) is 4.39 Å². The van der Waals surface area contributed by atoms with Crippen molar-refractivity contribution >= 4 is 29.5 Å². The van der Waals surface area contributed by atoms with E-state index in [1.807, 2.05) is 0 Å². The molecule has 158 valence electrons. The van der Waals surface area contributed by atoms with Gasteiger partial charge in [-0.15, -0.1) is 11.8 Å². The van der Waals surface area contributed by atoms with Crippen LogP contribution in [-0.2, 0) is 22.6 Å². The van der Waals surface area contributed by atoms with Crippen LogP contribution in [0.2, 0.25) is 0 Å². The van der Waals surface area contributed by atoms with Crippen molar-refractivity contribution in [1.82, 2.24) is 15.5 Å². The molecule has 3 amide bonds. The largest absolute Gasteiger partial charge is 0.355 e. The average Bonchev–Trinajstić information content (AvgIpc) is 2.76. The number of amides is 3. The molecule has 30 heavy (non-hydrogen) atoms. The Hall–Kier alpha value is -2.87. The number of hydrogen-bond acceptors (Lipinski definition) is 4. The number of nitrogens with one attached hydrogen (secondary N) is 2. The summed E-state index contributed by atoms with van der Waals surface area (Å²) in [5.41, 5.74) is 2.33. The van der Waals surface area contributed by atoms with Crippen molar-refractivity contribution in [3.63, 3.8) is 0 Å². The third-order valence-corrected chi connectivity index (χ3v) is 6.25. The highest BCUT2D eigenvalue weighted by Crippen LogP contribution is 2.23. The number of likely N-dealkylation sites (N-methyl/N-ethyl adjacent to an activating group) is 1. The maximum Gasteiger partial charge on any atom is 0.251 e. The normalized spacial score (nSPS) is 18.4. The van der Waals surface area contributed by atoms with Crippen molar-refractivity contribution in [2.75, 3.05) is 19.8 Å². The summed E-state index contributed by atoms with van der Waals surface area (Å²) in [6, 6.07) is 12.6. The summed E-state index contributed by atoms with van der Waals surface area (Å²) in [6.45, 7) is 0.378. The number of hydrogen-bond donors (Lipinski definition) is 2. The number of thioether (sulfide) groups is 1. The van der Waals surface area contributed by atoms with Crippen LogP contribution in [-0.4, -0.2) is 53.8 Å². The lowest BCUT2D eigenvalue weighted by molar-refractivity contribution is -0.135. The first-order valence-electron chi connectivity index (χ1n) is 9.60.